The van der Waals surface area contributed by atoms with Crippen LogP contribution in [0.3, 0.4) is 0 Å². The van der Waals surface area contributed by atoms with E-state index in [4.69, 9.17) is 5.73 Å². The van der Waals surface area contributed by atoms with Gasteiger partial charge in [-0.3, -0.25) is 9.17 Å². The van der Waals surface area contributed by atoms with E-state index >= 15 is 0 Å². The van der Waals surface area contributed by atoms with Crippen LogP contribution in [0.25, 0.3) is 0 Å². The number of aromatic amines is 1. The molecule has 1 amide bonds. The Morgan fingerprint density at radius 1 is 1.89 bits per heavy atom. The first-order valence-electron chi connectivity index (χ1n) is 2.06. The fraction of sp³-hybridized carbons (Fsp3) is 0. The van der Waals surface area contributed by atoms with Gasteiger partial charge in [0.05, 0.1) is 0 Å². The number of carbonyl (C=O) groups excluding carboxylic acids is 1. The molecular formula is C3H3N3OS2. The van der Waals surface area contributed by atoms with Crippen molar-refractivity contribution in [3.63, 3.8) is 0 Å². The average molecular weight is 161 g/mol. The largest absolute Gasteiger partial charge is 0.364 e. The Hall–Kier alpha value is -0.750. The number of nitrogens with two attached hydrogens (primary N) is 1. The molecule has 0 unspecified atom stereocenters. The molecule has 0 bridgehead atoms. The lowest BCUT2D eigenvalue weighted by atomic mass is 10.5. The van der Waals surface area contributed by atoms with Crippen molar-refractivity contribution in [2.45, 2.75) is 0 Å². The fourth-order valence-corrected chi connectivity index (χ4v) is 1.17. The van der Waals surface area contributed by atoms with Crippen molar-refractivity contribution in [1.82, 2.24) is 8.75 Å². The molecule has 1 rings (SSSR count). The first-order chi connectivity index (χ1) is 4.22. The Labute approximate surface area is 60.0 Å². The lowest BCUT2D eigenvalue weighted by molar-refractivity contribution is 0.0996. The summed E-state index contributed by atoms with van der Waals surface area (Å²) in [4.78, 5) is 10.4. The van der Waals surface area contributed by atoms with Crippen molar-refractivity contribution in [1.29, 1.82) is 0 Å². The van der Waals surface area contributed by atoms with Gasteiger partial charge in [0.15, 0.2) is 5.69 Å². The van der Waals surface area contributed by atoms with Gasteiger partial charge in [0.1, 0.15) is 4.64 Å². The van der Waals surface area contributed by atoms with E-state index in [-0.39, 0.29) is 5.69 Å². The maximum atomic E-state index is 10.4. The van der Waals surface area contributed by atoms with Gasteiger partial charge in [0, 0.05) is 11.7 Å². The highest BCUT2D eigenvalue weighted by Crippen LogP contribution is 1.96. The minimum Gasteiger partial charge on any atom is -0.364 e. The monoisotopic (exact) mass is 161 g/mol. The van der Waals surface area contributed by atoms with E-state index in [2.05, 4.69) is 21.0 Å². The van der Waals surface area contributed by atoms with Gasteiger partial charge in [0.2, 0.25) is 0 Å². The van der Waals surface area contributed by atoms with Crippen LogP contribution in [-0.2, 0) is 0 Å². The van der Waals surface area contributed by atoms with E-state index < -0.39 is 5.91 Å². The minimum absolute atomic E-state index is 0.148. The zero-order chi connectivity index (χ0) is 6.85. The van der Waals surface area contributed by atoms with Crippen molar-refractivity contribution in [2.75, 3.05) is 0 Å². The molecule has 0 aliphatic carbocycles. The van der Waals surface area contributed by atoms with E-state index in [9.17, 15) is 4.79 Å². The molecule has 1 aromatic heterocycles. The van der Waals surface area contributed by atoms with Crippen LogP contribution in [0.1, 0.15) is 10.5 Å². The van der Waals surface area contributed by atoms with Crippen LogP contribution in [0, 0.1) is 4.64 Å². The summed E-state index contributed by atoms with van der Waals surface area (Å²) in [5.74, 6) is -0.586. The van der Waals surface area contributed by atoms with Gasteiger partial charge in [-0.25, -0.2) is 0 Å². The Balaban J connectivity index is 3.24. The van der Waals surface area contributed by atoms with E-state index in [0.717, 1.165) is 11.7 Å². The number of hydrogen-bond acceptors (Lipinski definition) is 4. The van der Waals surface area contributed by atoms with E-state index in [1.165, 1.54) is 0 Å². The highest BCUT2D eigenvalue weighted by Gasteiger charge is 2.03. The summed E-state index contributed by atoms with van der Waals surface area (Å²) in [7, 11) is 0. The summed E-state index contributed by atoms with van der Waals surface area (Å²) in [6.45, 7) is 0. The summed E-state index contributed by atoms with van der Waals surface area (Å²) >= 11 is 5.67. The third-order valence-electron chi connectivity index (χ3n) is 0.724. The number of carbonyl (C=O) groups is 1. The Kier molecular flexibility index (Phi) is 1.58. The van der Waals surface area contributed by atoms with Gasteiger partial charge in [-0.2, -0.15) is 4.37 Å². The van der Waals surface area contributed by atoms with Crippen LogP contribution >= 0.6 is 23.9 Å². The van der Waals surface area contributed by atoms with Gasteiger partial charge in [0.25, 0.3) is 5.91 Å². The second kappa shape index (κ2) is 2.24. The number of aromatic nitrogens is 2. The SMILES string of the molecule is NC(=O)c1ns[nH]c1=S. The summed E-state index contributed by atoms with van der Waals surface area (Å²) < 4.78 is 6.53. The Morgan fingerprint density at radius 2 is 2.56 bits per heavy atom. The van der Waals surface area contributed by atoms with Crippen LogP contribution < -0.4 is 5.73 Å². The molecule has 0 aliphatic heterocycles. The molecular weight excluding hydrogens is 158 g/mol. The van der Waals surface area contributed by atoms with E-state index in [0.29, 0.717) is 4.64 Å². The van der Waals surface area contributed by atoms with Crippen LogP contribution in [0.4, 0.5) is 0 Å². The third kappa shape index (κ3) is 1.14. The lowest BCUT2D eigenvalue weighted by Crippen LogP contribution is -2.11. The zero-order valence-electron chi connectivity index (χ0n) is 4.25. The standard InChI is InChI=1S/C3H3N3OS2/c4-2(7)1-3(8)6-9-5-1/h(H2,4,7)(H,6,8). The zero-order valence-corrected chi connectivity index (χ0v) is 5.88. The predicted octanol–water partition coefficient (Wildman–Crippen LogP) is 0.300. The number of H-pyrrole nitrogens is 1. The van der Waals surface area contributed by atoms with Gasteiger partial charge >= 0.3 is 0 Å². The van der Waals surface area contributed by atoms with Crippen LogP contribution in [-0.4, -0.2) is 14.7 Å². The molecule has 0 saturated carbocycles. The fourth-order valence-electron chi connectivity index (χ4n) is 0.357. The number of primary amides is 1. The van der Waals surface area contributed by atoms with Crippen molar-refractivity contribution < 1.29 is 4.79 Å². The number of nitrogens with one attached hydrogen (secondary N) is 1. The number of nitrogens with zero attached hydrogens (tertiary/aromatic N) is 1. The number of amides is 1. The summed E-state index contributed by atoms with van der Waals surface area (Å²) in [6, 6.07) is 0. The molecule has 6 heteroatoms. The minimum atomic E-state index is -0.586. The molecule has 1 heterocycles. The molecule has 0 aromatic carbocycles. The predicted molar refractivity (Wildman–Crippen MR) is 35.8 cm³/mol. The topological polar surface area (TPSA) is 71.8 Å². The molecule has 9 heavy (non-hydrogen) atoms. The van der Waals surface area contributed by atoms with Crippen LogP contribution in [0.15, 0.2) is 0 Å². The average Bonchev–Trinajstić information content (AvgIpc) is 2.13. The maximum absolute atomic E-state index is 10.4. The molecule has 4 nitrogen and oxygen atoms in total. The van der Waals surface area contributed by atoms with Gasteiger partial charge in [-0.1, -0.05) is 12.2 Å². The lowest BCUT2D eigenvalue weighted by Gasteiger charge is -1.78. The Morgan fingerprint density at radius 3 is 2.78 bits per heavy atom. The number of rotatable bonds is 1. The molecule has 48 valence electrons. The van der Waals surface area contributed by atoms with Crippen molar-refractivity contribution in [3.8, 4) is 0 Å². The highest BCUT2D eigenvalue weighted by molar-refractivity contribution is 7.71. The van der Waals surface area contributed by atoms with Crippen molar-refractivity contribution >= 4 is 29.9 Å². The van der Waals surface area contributed by atoms with Gasteiger partial charge in [-0.15, -0.1) is 0 Å². The first-order valence-corrected chi connectivity index (χ1v) is 3.24. The molecule has 0 aliphatic rings. The van der Waals surface area contributed by atoms with Crippen molar-refractivity contribution in [3.05, 3.63) is 10.3 Å². The molecule has 1 aromatic rings. The van der Waals surface area contributed by atoms with E-state index in [1.54, 1.807) is 0 Å². The first kappa shape index (κ1) is 6.37. The molecule has 0 spiro atoms. The summed E-state index contributed by atoms with van der Waals surface area (Å²) in [6.07, 6.45) is 0. The molecule has 3 N–H and O–H groups in total. The van der Waals surface area contributed by atoms with Gasteiger partial charge < -0.3 is 5.73 Å². The van der Waals surface area contributed by atoms with Crippen molar-refractivity contribution in [2.24, 2.45) is 5.73 Å². The second-order valence-corrected chi connectivity index (χ2v) is 2.30. The van der Waals surface area contributed by atoms with Crippen LogP contribution in [0.5, 0.6) is 0 Å². The summed E-state index contributed by atoms with van der Waals surface area (Å²) in [5.41, 5.74) is 5.03. The molecule has 0 atom stereocenters. The normalized spacial score (nSPS) is 9.33. The molecule has 0 saturated heterocycles. The van der Waals surface area contributed by atoms with Crippen LogP contribution in [0.2, 0.25) is 0 Å². The maximum Gasteiger partial charge on any atom is 0.271 e. The summed E-state index contributed by atoms with van der Waals surface area (Å²) in [5, 5.41) is 0. The van der Waals surface area contributed by atoms with E-state index in [1.807, 2.05) is 0 Å². The smallest absolute Gasteiger partial charge is 0.271 e. The molecule has 0 radical (unpaired) electrons. The quantitative estimate of drug-likeness (QED) is 0.582. The Bertz CT molecular complexity index is 275. The molecule has 0 fully saturated rings. The third-order valence-corrected chi connectivity index (χ3v) is 1.72. The second-order valence-electron chi connectivity index (χ2n) is 1.33. The number of hydrogen-bond donors (Lipinski definition) is 2. The highest BCUT2D eigenvalue weighted by atomic mass is 32.1. The van der Waals surface area contributed by atoms with Gasteiger partial charge in [-0.05, 0) is 0 Å².